The van der Waals surface area contributed by atoms with Crippen molar-refractivity contribution in [2.24, 2.45) is 0 Å². The van der Waals surface area contributed by atoms with E-state index >= 15 is 0 Å². The minimum Gasteiger partial charge on any atom is -0.357 e. The van der Waals surface area contributed by atoms with Gasteiger partial charge in [-0.25, -0.2) is 4.98 Å². The van der Waals surface area contributed by atoms with E-state index in [-0.39, 0.29) is 0 Å². The highest BCUT2D eigenvalue weighted by Gasteiger charge is 2.19. The van der Waals surface area contributed by atoms with Crippen LogP contribution in [0.25, 0.3) is 0 Å². The normalized spacial score (nSPS) is 15.4. The molecule has 0 unspecified atom stereocenters. The summed E-state index contributed by atoms with van der Waals surface area (Å²) in [7, 11) is 1.79. The molecular formula is C8H11ClN4. The lowest BCUT2D eigenvalue weighted by Gasteiger charge is -2.32. The van der Waals surface area contributed by atoms with E-state index < -0.39 is 0 Å². The van der Waals surface area contributed by atoms with Gasteiger partial charge in [0.25, 0.3) is 0 Å². The number of halogens is 1. The van der Waals surface area contributed by atoms with Gasteiger partial charge in [-0.3, -0.25) is 0 Å². The average molecular weight is 199 g/mol. The number of hydrogen-bond acceptors (Lipinski definition) is 4. The number of hydrogen-bond donors (Lipinski definition) is 1. The fourth-order valence-corrected chi connectivity index (χ4v) is 1.44. The smallest absolute Gasteiger partial charge is 0.224 e. The lowest BCUT2D eigenvalue weighted by Crippen LogP contribution is -2.38. The van der Waals surface area contributed by atoms with Crippen LogP contribution in [-0.2, 0) is 0 Å². The summed E-state index contributed by atoms with van der Waals surface area (Å²) in [5.41, 5.74) is 0. The monoisotopic (exact) mass is 198 g/mol. The highest BCUT2D eigenvalue weighted by atomic mass is 35.5. The van der Waals surface area contributed by atoms with Crippen molar-refractivity contribution in [1.82, 2.24) is 9.97 Å². The molecule has 0 amide bonds. The number of anilines is 2. The molecule has 70 valence electrons. The van der Waals surface area contributed by atoms with Crippen LogP contribution in [0.4, 0.5) is 11.8 Å². The molecule has 0 spiro atoms. The zero-order chi connectivity index (χ0) is 9.26. The van der Waals surface area contributed by atoms with Gasteiger partial charge >= 0.3 is 0 Å². The summed E-state index contributed by atoms with van der Waals surface area (Å²) < 4.78 is 0. The largest absolute Gasteiger partial charge is 0.357 e. The van der Waals surface area contributed by atoms with Crippen LogP contribution in [0.2, 0.25) is 5.02 Å². The Balaban J connectivity index is 2.30. The molecule has 1 N–H and O–H groups in total. The molecule has 1 aromatic rings. The fraction of sp³-hybridized carbons (Fsp3) is 0.500. The zero-order valence-corrected chi connectivity index (χ0v) is 8.17. The van der Waals surface area contributed by atoms with E-state index in [0.717, 1.165) is 18.9 Å². The third-order valence-corrected chi connectivity index (χ3v) is 2.37. The van der Waals surface area contributed by atoms with Gasteiger partial charge in [-0.2, -0.15) is 4.98 Å². The quantitative estimate of drug-likeness (QED) is 0.780. The Morgan fingerprint density at radius 1 is 1.54 bits per heavy atom. The highest BCUT2D eigenvalue weighted by molar-refractivity contribution is 6.32. The van der Waals surface area contributed by atoms with Crippen LogP contribution in [0.3, 0.4) is 0 Å². The molecule has 1 aromatic heterocycles. The van der Waals surface area contributed by atoms with Crippen LogP contribution in [-0.4, -0.2) is 30.1 Å². The Hall–Kier alpha value is -1.03. The van der Waals surface area contributed by atoms with Crippen LogP contribution >= 0.6 is 11.6 Å². The number of nitrogens with one attached hydrogen (secondary N) is 1. The summed E-state index contributed by atoms with van der Waals surface area (Å²) in [5.74, 6) is 1.46. The number of rotatable bonds is 2. The van der Waals surface area contributed by atoms with Gasteiger partial charge in [-0.05, 0) is 6.42 Å². The van der Waals surface area contributed by atoms with Gasteiger partial charge in [0.05, 0.1) is 6.20 Å². The van der Waals surface area contributed by atoms with E-state index in [0.29, 0.717) is 11.0 Å². The molecule has 0 atom stereocenters. The van der Waals surface area contributed by atoms with E-state index in [1.807, 2.05) is 0 Å². The van der Waals surface area contributed by atoms with Crippen LogP contribution in [0.1, 0.15) is 6.42 Å². The topological polar surface area (TPSA) is 41.1 Å². The maximum atomic E-state index is 5.97. The van der Waals surface area contributed by atoms with Gasteiger partial charge < -0.3 is 10.2 Å². The third-order valence-electron chi connectivity index (χ3n) is 2.10. The van der Waals surface area contributed by atoms with Crippen LogP contribution < -0.4 is 10.2 Å². The van der Waals surface area contributed by atoms with Crippen molar-refractivity contribution in [3.63, 3.8) is 0 Å². The van der Waals surface area contributed by atoms with Gasteiger partial charge in [0.15, 0.2) is 5.82 Å². The van der Waals surface area contributed by atoms with Crippen molar-refractivity contribution >= 4 is 23.4 Å². The number of nitrogens with zero attached hydrogens (tertiary/aromatic N) is 3. The van der Waals surface area contributed by atoms with Gasteiger partial charge in [0, 0.05) is 20.1 Å². The summed E-state index contributed by atoms with van der Waals surface area (Å²) in [5, 5.41) is 3.51. The molecule has 0 saturated carbocycles. The molecule has 1 aliphatic rings. The second-order valence-corrected chi connectivity index (χ2v) is 3.36. The molecule has 13 heavy (non-hydrogen) atoms. The summed E-state index contributed by atoms with van der Waals surface area (Å²) in [6.45, 7) is 2.08. The molecule has 0 aliphatic carbocycles. The van der Waals surface area contributed by atoms with Gasteiger partial charge in [0.1, 0.15) is 5.02 Å². The van der Waals surface area contributed by atoms with Gasteiger partial charge in [0.2, 0.25) is 5.95 Å². The summed E-state index contributed by atoms with van der Waals surface area (Å²) >= 11 is 5.97. The Bertz CT molecular complexity index is 311. The van der Waals surface area contributed by atoms with Crippen molar-refractivity contribution in [1.29, 1.82) is 0 Å². The van der Waals surface area contributed by atoms with E-state index in [4.69, 9.17) is 11.6 Å². The van der Waals surface area contributed by atoms with E-state index in [9.17, 15) is 0 Å². The van der Waals surface area contributed by atoms with Crippen molar-refractivity contribution in [3.8, 4) is 0 Å². The van der Waals surface area contributed by atoms with Crippen LogP contribution in [0.15, 0.2) is 6.20 Å². The number of aromatic nitrogens is 2. The Kier molecular flexibility index (Phi) is 2.22. The third kappa shape index (κ3) is 1.54. The lowest BCUT2D eigenvalue weighted by atomic mass is 10.2. The minimum atomic E-state index is 0.617. The zero-order valence-electron chi connectivity index (χ0n) is 7.42. The van der Waals surface area contributed by atoms with Gasteiger partial charge in [-0.1, -0.05) is 11.6 Å². The molecule has 4 nitrogen and oxygen atoms in total. The Labute approximate surface area is 81.9 Å². The Morgan fingerprint density at radius 3 is 2.85 bits per heavy atom. The second kappa shape index (κ2) is 3.38. The first-order valence-electron chi connectivity index (χ1n) is 4.26. The summed E-state index contributed by atoms with van der Waals surface area (Å²) in [6.07, 6.45) is 2.85. The maximum Gasteiger partial charge on any atom is 0.224 e. The van der Waals surface area contributed by atoms with E-state index in [1.54, 1.807) is 13.2 Å². The van der Waals surface area contributed by atoms with Crippen LogP contribution in [0.5, 0.6) is 0 Å². The first-order valence-corrected chi connectivity index (χ1v) is 4.64. The van der Waals surface area contributed by atoms with Crippen molar-refractivity contribution in [3.05, 3.63) is 11.2 Å². The van der Waals surface area contributed by atoms with E-state index in [1.165, 1.54) is 6.42 Å². The molecule has 2 rings (SSSR count). The fourth-order valence-electron chi connectivity index (χ4n) is 1.23. The summed E-state index contributed by atoms with van der Waals surface area (Å²) in [4.78, 5) is 10.4. The van der Waals surface area contributed by atoms with Gasteiger partial charge in [-0.15, -0.1) is 0 Å². The first kappa shape index (κ1) is 8.56. The second-order valence-electron chi connectivity index (χ2n) is 2.96. The van der Waals surface area contributed by atoms with Crippen molar-refractivity contribution in [2.75, 3.05) is 30.4 Å². The van der Waals surface area contributed by atoms with Crippen molar-refractivity contribution in [2.45, 2.75) is 6.42 Å². The minimum absolute atomic E-state index is 0.617. The lowest BCUT2D eigenvalue weighted by molar-refractivity contribution is 0.609. The molecule has 2 heterocycles. The average Bonchev–Trinajstić information content (AvgIpc) is 2.06. The molecule has 5 heteroatoms. The highest BCUT2D eigenvalue weighted by Crippen LogP contribution is 2.26. The molecule has 1 aliphatic heterocycles. The first-order chi connectivity index (χ1) is 6.31. The predicted molar refractivity (Wildman–Crippen MR) is 53.4 cm³/mol. The SMILES string of the molecule is CNc1ncc(Cl)c(N2CCC2)n1. The van der Waals surface area contributed by atoms with Crippen molar-refractivity contribution < 1.29 is 0 Å². The predicted octanol–water partition coefficient (Wildman–Crippen LogP) is 1.38. The molecular weight excluding hydrogens is 188 g/mol. The maximum absolute atomic E-state index is 5.97. The standard InChI is InChI=1S/C8H11ClN4/c1-10-8-11-5-6(9)7(12-8)13-3-2-4-13/h5H,2-4H2,1H3,(H,10,11,12). The Morgan fingerprint density at radius 2 is 2.31 bits per heavy atom. The summed E-state index contributed by atoms with van der Waals surface area (Å²) in [6, 6.07) is 0. The molecule has 0 radical (unpaired) electrons. The van der Waals surface area contributed by atoms with Crippen LogP contribution in [0, 0.1) is 0 Å². The van der Waals surface area contributed by atoms with E-state index in [2.05, 4.69) is 20.2 Å². The molecule has 0 aromatic carbocycles. The molecule has 0 bridgehead atoms. The molecule has 1 saturated heterocycles. The molecule has 1 fully saturated rings.